The quantitative estimate of drug-likeness (QED) is 0.443. The molecule has 0 unspecified atom stereocenters. The lowest BCUT2D eigenvalue weighted by Gasteiger charge is -2.05. The van der Waals surface area contributed by atoms with E-state index in [2.05, 4.69) is 20.2 Å². The van der Waals surface area contributed by atoms with Gasteiger partial charge in [-0.2, -0.15) is 5.10 Å². The van der Waals surface area contributed by atoms with Gasteiger partial charge in [-0.05, 0) is 53.9 Å². The molecule has 0 amide bonds. The molecular weight excluding hydrogens is 367 g/mol. The average Bonchev–Trinajstić information content (AvgIpc) is 3.04. The van der Waals surface area contributed by atoms with E-state index in [4.69, 9.17) is 23.2 Å². The molecule has 0 radical (unpaired) electrons. The van der Waals surface area contributed by atoms with Crippen molar-refractivity contribution in [2.24, 2.45) is 4.99 Å². The Hall–Kier alpha value is -2.69. The van der Waals surface area contributed by atoms with Crippen molar-refractivity contribution in [2.45, 2.75) is 6.92 Å². The molecule has 2 aromatic heterocycles. The minimum absolute atomic E-state index is 0.590. The molecule has 0 aliphatic carbocycles. The number of halogens is 2. The van der Waals surface area contributed by atoms with E-state index in [0.717, 1.165) is 27.8 Å². The summed E-state index contributed by atoms with van der Waals surface area (Å²) in [6, 6.07) is 17.2. The normalized spacial score (nSPS) is 11.5. The maximum atomic E-state index is 6.02. The van der Waals surface area contributed by atoms with Gasteiger partial charge in [0, 0.05) is 22.0 Å². The highest BCUT2D eigenvalue weighted by Crippen LogP contribution is 2.34. The molecule has 6 heteroatoms. The Bertz CT molecular complexity index is 1100. The number of aryl methyl sites for hydroxylation is 1. The van der Waals surface area contributed by atoms with Crippen LogP contribution < -0.4 is 0 Å². The highest BCUT2D eigenvalue weighted by Gasteiger charge is 2.13. The lowest BCUT2D eigenvalue weighted by Crippen LogP contribution is -1.87. The summed E-state index contributed by atoms with van der Waals surface area (Å²) in [7, 11) is 0. The Labute approximate surface area is 160 Å². The third kappa shape index (κ3) is 3.34. The second-order valence-corrected chi connectivity index (χ2v) is 6.77. The van der Waals surface area contributed by atoms with Crippen molar-refractivity contribution in [1.82, 2.24) is 15.2 Å². The fourth-order valence-corrected chi connectivity index (χ4v) is 3.03. The van der Waals surface area contributed by atoms with Crippen molar-refractivity contribution < 1.29 is 0 Å². The Morgan fingerprint density at radius 2 is 1.62 bits per heavy atom. The summed E-state index contributed by atoms with van der Waals surface area (Å²) in [6.07, 6.45) is 1.76. The summed E-state index contributed by atoms with van der Waals surface area (Å²) in [6.45, 7) is 1.95. The zero-order valence-corrected chi connectivity index (χ0v) is 15.4. The number of nitrogens with zero attached hydrogens (tertiary/aromatic N) is 3. The van der Waals surface area contributed by atoms with Crippen LogP contribution in [-0.4, -0.2) is 21.4 Å². The van der Waals surface area contributed by atoms with Crippen molar-refractivity contribution in [3.05, 3.63) is 75.9 Å². The first-order valence-corrected chi connectivity index (χ1v) is 8.77. The largest absolute Gasteiger partial charge is 0.259 e. The maximum absolute atomic E-state index is 6.02. The number of hydrogen-bond acceptors (Lipinski definition) is 3. The highest BCUT2D eigenvalue weighted by molar-refractivity contribution is 6.31. The van der Waals surface area contributed by atoms with E-state index in [1.807, 2.05) is 61.5 Å². The minimum Gasteiger partial charge on any atom is -0.259 e. The highest BCUT2D eigenvalue weighted by atomic mass is 35.5. The third-order valence-corrected chi connectivity index (χ3v) is 4.50. The van der Waals surface area contributed by atoms with E-state index in [1.54, 1.807) is 6.21 Å². The van der Waals surface area contributed by atoms with Crippen LogP contribution in [0.4, 0.5) is 5.82 Å². The SMILES string of the molecule is Cc1cc(-c2ccc(Cl)cc2)c2c(N=Cc3ccc(Cl)cc3)n[nH]c2n1. The second-order valence-electron chi connectivity index (χ2n) is 5.90. The molecule has 2 aromatic carbocycles. The van der Waals surface area contributed by atoms with E-state index < -0.39 is 0 Å². The lowest BCUT2D eigenvalue weighted by molar-refractivity contribution is 1.08. The zero-order chi connectivity index (χ0) is 18.1. The predicted octanol–water partition coefficient (Wildman–Crippen LogP) is 5.99. The van der Waals surface area contributed by atoms with Crippen LogP contribution in [0.25, 0.3) is 22.2 Å². The number of fused-ring (bicyclic) bond motifs is 1. The molecule has 0 atom stereocenters. The van der Waals surface area contributed by atoms with E-state index in [9.17, 15) is 0 Å². The van der Waals surface area contributed by atoms with Gasteiger partial charge in [0.25, 0.3) is 0 Å². The van der Waals surface area contributed by atoms with Crippen LogP contribution in [0.1, 0.15) is 11.3 Å². The molecule has 4 rings (SSSR count). The van der Waals surface area contributed by atoms with Crippen molar-refractivity contribution in [3.8, 4) is 11.1 Å². The molecule has 26 heavy (non-hydrogen) atoms. The van der Waals surface area contributed by atoms with Crippen LogP contribution in [0.3, 0.4) is 0 Å². The molecule has 0 aliphatic heterocycles. The molecular formula is C20H14Cl2N4. The molecule has 0 saturated carbocycles. The Morgan fingerprint density at radius 1 is 0.962 bits per heavy atom. The summed E-state index contributed by atoms with van der Waals surface area (Å²) in [5, 5.41) is 9.58. The fourth-order valence-electron chi connectivity index (χ4n) is 2.78. The first-order valence-electron chi connectivity index (χ1n) is 8.01. The van der Waals surface area contributed by atoms with Gasteiger partial charge in [-0.15, -0.1) is 0 Å². The number of aromatic amines is 1. The molecule has 0 saturated heterocycles. The van der Waals surface area contributed by atoms with Gasteiger partial charge < -0.3 is 0 Å². The molecule has 0 spiro atoms. The second kappa shape index (κ2) is 6.90. The van der Waals surface area contributed by atoms with E-state index in [1.165, 1.54) is 0 Å². The minimum atomic E-state index is 0.590. The van der Waals surface area contributed by atoms with Gasteiger partial charge in [-0.3, -0.25) is 5.10 Å². The third-order valence-electron chi connectivity index (χ3n) is 4.00. The summed E-state index contributed by atoms with van der Waals surface area (Å²) in [4.78, 5) is 9.08. The Morgan fingerprint density at radius 3 is 2.31 bits per heavy atom. The Kier molecular flexibility index (Phi) is 4.45. The van der Waals surface area contributed by atoms with Crippen LogP contribution in [-0.2, 0) is 0 Å². The number of aliphatic imine (C=N–C) groups is 1. The van der Waals surface area contributed by atoms with Crippen LogP contribution in [0, 0.1) is 6.92 Å². The van der Waals surface area contributed by atoms with E-state index in [-0.39, 0.29) is 0 Å². The first kappa shape index (κ1) is 16.8. The van der Waals surface area contributed by atoms with Gasteiger partial charge in [-0.25, -0.2) is 9.98 Å². The monoisotopic (exact) mass is 380 g/mol. The smallest absolute Gasteiger partial charge is 0.183 e. The summed E-state index contributed by atoms with van der Waals surface area (Å²) in [5.74, 6) is 0.590. The number of H-pyrrole nitrogens is 1. The van der Waals surface area contributed by atoms with Gasteiger partial charge in [0.2, 0.25) is 0 Å². The fraction of sp³-hybridized carbons (Fsp3) is 0.0500. The molecule has 1 N–H and O–H groups in total. The van der Waals surface area contributed by atoms with Crippen molar-refractivity contribution >= 4 is 46.3 Å². The first-order chi connectivity index (χ1) is 12.6. The van der Waals surface area contributed by atoms with Crippen LogP contribution in [0.15, 0.2) is 59.6 Å². The molecule has 2 heterocycles. The molecule has 0 fully saturated rings. The maximum Gasteiger partial charge on any atom is 0.183 e. The van der Waals surface area contributed by atoms with Crippen LogP contribution >= 0.6 is 23.2 Å². The predicted molar refractivity (Wildman–Crippen MR) is 108 cm³/mol. The molecule has 4 aromatic rings. The number of aromatic nitrogens is 3. The standard InChI is InChI=1S/C20H14Cl2N4/c1-12-10-17(14-4-8-16(22)9-5-14)18-19(25-26-20(18)24-12)23-11-13-2-6-15(21)7-3-13/h2-11H,1H3,(H,24,25,26). The molecule has 0 bridgehead atoms. The van der Waals surface area contributed by atoms with E-state index in [0.29, 0.717) is 21.5 Å². The number of hydrogen-bond donors (Lipinski definition) is 1. The van der Waals surface area contributed by atoms with Gasteiger partial charge in [0.15, 0.2) is 11.5 Å². The summed E-state index contributed by atoms with van der Waals surface area (Å²) < 4.78 is 0. The number of nitrogens with one attached hydrogen (secondary N) is 1. The molecule has 4 nitrogen and oxygen atoms in total. The van der Waals surface area contributed by atoms with Crippen LogP contribution in [0.5, 0.6) is 0 Å². The van der Waals surface area contributed by atoms with Crippen molar-refractivity contribution in [2.75, 3.05) is 0 Å². The zero-order valence-electron chi connectivity index (χ0n) is 13.9. The average molecular weight is 381 g/mol. The van der Waals surface area contributed by atoms with Crippen molar-refractivity contribution in [1.29, 1.82) is 0 Å². The molecule has 0 aliphatic rings. The van der Waals surface area contributed by atoms with Gasteiger partial charge >= 0.3 is 0 Å². The summed E-state index contributed by atoms with van der Waals surface area (Å²) in [5.41, 5.74) is 4.60. The topological polar surface area (TPSA) is 53.9 Å². The number of rotatable bonds is 3. The Balaban J connectivity index is 1.83. The van der Waals surface area contributed by atoms with E-state index >= 15 is 0 Å². The van der Waals surface area contributed by atoms with Gasteiger partial charge in [0.05, 0.1) is 5.39 Å². The molecule has 128 valence electrons. The number of pyridine rings is 1. The lowest BCUT2D eigenvalue weighted by atomic mass is 10.0. The van der Waals surface area contributed by atoms with Gasteiger partial charge in [-0.1, -0.05) is 47.5 Å². The number of benzene rings is 2. The van der Waals surface area contributed by atoms with Gasteiger partial charge in [0.1, 0.15) is 0 Å². The summed E-state index contributed by atoms with van der Waals surface area (Å²) >= 11 is 11.9. The van der Waals surface area contributed by atoms with Crippen molar-refractivity contribution in [3.63, 3.8) is 0 Å². The van der Waals surface area contributed by atoms with Crippen LogP contribution in [0.2, 0.25) is 10.0 Å².